The lowest BCUT2D eigenvalue weighted by atomic mass is 10.1. The van der Waals surface area contributed by atoms with Gasteiger partial charge in [-0.05, 0) is 12.1 Å². The highest BCUT2D eigenvalue weighted by Gasteiger charge is 2.46. The second kappa shape index (κ2) is 6.01. The molecule has 0 saturated carbocycles. The molecule has 0 aromatic heterocycles. The third-order valence-electron chi connectivity index (χ3n) is 2.82. The van der Waals surface area contributed by atoms with Crippen LogP contribution < -0.4 is 0 Å². The van der Waals surface area contributed by atoms with Gasteiger partial charge in [0.15, 0.2) is 0 Å². The Labute approximate surface area is 109 Å². The molecular formula is C12H16O5S. The summed E-state index contributed by atoms with van der Waals surface area (Å²) in [4.78, 5) is 0.896. The molecule has 1 fully saturated rings. The molecule has 0 aliphatic carbocycles. The molecule has 5 nitrogen and oxygen atoms in total. The van der Waals surface area contributed by atoms with Crippen molar-refractivity contribution in [2.24, 2.45) is 0 Å². The highest BCUT2D eigenvalue weighted by Crippen LogP contribution is 2.35. The van der Waals surface area contributed by atoms with Crippen molar-refractivity contribution in [3.05, 3.63) is 30.3 Å². The molecule has 1 aromatic carbocycles. The van der Waals surface area contributed by atoms with Gasteiger partial charge in [-0.2, -0.15) is 0 Å². The molecule has 0 bridgehead atoms. The van der Waals surface area contributed by atoms with E-state index in [-0.39, 0.29) is 0 Å². The van der Waals surface area contributed by atoms with Crippen molar-refractivity contribution in [1.82, 2.24) is 0 Å². The topological polar surface area (TPSA) is 90.2 Å². The van der Waals surface area contributed by atoms with Gasteiger partial charge in [-0.15, -0.1) is 0 Å². The predicted molar refractivity (Wildman–Crippen MR) is 66.1 cm³/mol. The van der Waals surface area contributed by atoms with Crippen LogP contribution in [0.5, 0.6) is 0 Å². The third kappa shape index (κ3) is 2.85. The van der Waals surface area contributed by atoms with Crippen LogP contribution in [0.2, 0.25) is 0 Å². The Morgan fingerprint density at radius 3 is 2.44 bits per heavy atom. The first kappa shape index (κ1) is 13.8. The number of aliphatic hydroxyl groups excluding tert-OH is 4. The van der Waals surface area contributed by atoms with Crippen LogP contribution in [0.15, 0.2) is 35.2 Å². The average Bonchev–Trinajstić information content (AvgIpc) is 2.67. The largest absolute Gasteiger partial charge is 0.394 e. The first-order chi connectivity index (χ1) is 8.63. The highest BCUT2D eigenvalue weighted by atomic mass is 32.2. The molecule has 0 amide bonds. The maximum absolute atomic E-state index is 9.85. The fourth-order valence-corrected chi connectivity index (χ4v) is 2.89. The molecule has 0 spiro atoms. The molecule has 4 N–H and O–H groups in total. The summed E-state index contributed by atoms with van der Waals surface area (Å²) in [5.74, 6) is 0. The summed E-state index contributed by atoms with van der Waals surface area (Å²) < 4.78 is 5.40. The molecule has 1 heterocycles. The number of rotatable bonds is 4. The molecule has 1 saturated heterocycles. The van der Waals surface area contributed by atoms with Gasteiger partial charge in [0, 0.05) is 4.90 Å². The van der Waals surface area contributed by atoms with Gasteiger partial charge in [0.1, 0.15) is 29.9 Å². The Morgan fingerprint density at radius 2 is 1.83 bits per heavy atom. The lowest BCUT2D eigenvalue weighted by molar-refractivity contribution is -0.0713. The number of hydrogen-bond donors (Lipinski definition) is 4. The van der Waals surface area contributed by atoms with Crippen LogP contribution in [-0.4, -0.2) is 56.9 Å². The summed E-state index contributed by atoms with van der Waals surface area (Å²) >= 11 is 1.27. The van der Waals surface area contributed by atoms with Gasteiger partial charge in [0.05, 0.1) is 6.61 Å². The number of benzene rings is 1. The van der Waals surface area contributed by atoms with Crippen LogP contribution in [0.3, 0.4) is 0 Å². The lowest BCUT2D eigenvalue weighted by Gasteiger charge is -2.18. The first-order valence-electron chi connectivity index (χ1n) is 5.65. The number of hydrogen-bond acceptors (Lipinski definition) is 6. The maximum atomic E-state index is 9.85. The summed E-state index contributed by atoms with van der Waals surface area (Å²) in [5, 5.41) is 37.9. The Bertz CT molecular complexity index is 374. The molecule has 1 aromatic rings. The first-order valence-corrected chi connectivity index (χ1v) is 6.53. The number of thioether (sulfide) groups is 1. The Hall–Kier alpha value is -0.630. The standard InChI is InChI=1S/C12H16O5S/c13-6-8(14)11-9(15)10(16)12(17-11)18-7-4-2-1-3-5-7/h1-5,8-16H,6H2/t8?,9-,10-,11-,12+/m1/s1. The van der Waals surface area contributed by atoms with E-state index in [2.05, 4.69) is 0 Å². The summed E-state index contributed by atoms with van der Waals surface area (Å²) in [6, 6.07) is 9.33. The van der Waals surface area contributed by atoms with Crippen LogP contribution >= 0.6 is 11.8 Å². The van der Waals surface area contributed by atoms with E-state index in [0.717, 1.165) is 4.90 Å². The Kier molecular flexibility index (Phi) is 4.60. The second-order valence-electron chi connectivity index (χ2n) is 4.13. The minimum atomic E-state index is -1.20. The molecule has 18 heavy (non-hydrogen) atoms. The van der Waals surface area contributed by atoms with Crippen LogP contribution in [0, 0.1) is 0 Å². The Morgan fingerprint density at radius 1 is 1.17 bits per heavy atom. The van der Waals surface area contributed by atoms with Crippen molar-refractivity contribution >= 4 is 11.8 Å². The molecule has 1 aliphatic rings. The molecule has 1 aliphatic heterocycles. The normalized spacial score (nSPS) is 33.6. The molecule has 6 heteroatoms. The third-order valence-corrected chi connectivity index (χ3v) is 3.98. The van der Waals surface area contributed by atoms with Crippen molar-refractivity contribution in [3.63, 3.8) is 0 Å². The quantitative estimate of drug-likeness (QED) is 0.595. The Balaban J connectivity index is 2.03. The van der Waals surface area contributed by atoms with E-state index in [9.17, 15) is 15.3 Å². The van der Waals surface area contributed by atoms with Gasteiger partial charge in [0.2, 0.25) is 0 Å². The van der Waals surface area contributed by atoms with Crippen molar-refractivity contribution in [2.75, 3.05) is 6.61 Å². The molecule has 100 valence electrons. The number of ether oxygens (including phenoxy) is 1. The van der Waals surface area contributed by atoms with Crippen LogP contribution in [-0.2, 0) is 4.74 Å². The fourth-order valence-electron chi connectivity index (χ4n) is 1.82. The molecular weight excluding hydrogens is 256 g/mol. The van der Waals surface area contributed by atoms with Gasteiger partial charge in [-0.1, -0.05) is 30.0 Å². The summed E-state index contributed by atoms with van der Waals surface area (Å²) in [7, 11) is 0. The zero-order valence-corrected chi connectivity index (χ0v) is 10.4. The van der Waals surface area contributed by atoms with E-state index in [0.29, 0.717) is 0 Å². The summed E-state index contributed by atoms with van der Waals surface area (Å²) in [5.41, 5.74) is -0.659. The SMILES string of the molecule is OCC(O)[C@H]1O[C@@H](Sc2ccccc2)[C@H](O)[C@H]1O. The van der Waals surface area contributed by atoms with E-state index in [4.69, 9.17) is 9.84 Å². The fraction of sp³-hybridized carbons (Fsp3) is 0.500. The molecule has 0 radical (unpaired) electrons. The van der Waals surface area contributed by atoms with Crippen molar-refractivity contribution < 1.29 is 25.2 Å². The number of aliphatic hydroxyl groups is 4. The minimum absolute atomic E-state index is 0.517. The van der Waals surface area contributed by atoms with E-state index in [1.165, 1.54) is 11.8 Å². The van der Waals surface area contributed by atoms with E-state index < -0.39 is 36.5 Å². The van der Waals surface area contributed by atoms with Crippen LogP contribution in [0.4, 0.5) is 0 Å². The van der Waals surface area contributed by atoms with Gasteiger partial charge < -0.3 is 25.2 Å². The van der Waals surface area contributed by atoms with Gasteiger partial charge in [0.25, 0.3) is 0 Å². The van der Waals surface area contributed by atoms with Gasteiger partial charge >= 0.3 is 0 Å². The van der Waals surface area contributed by atoms with Crippen molar-refractivity contribution in [1.29, 1.82) is 0 Å². The average molecular weight is 272 g/mol. The van der Waals surface area contributed by atoms with Gasteiger partial charge in [-0.25, -0.2) is 0 Å². The molecule has 1 unspecified atom stereocenters. The summed E-state index contributed by atoms with van der Waals surface area (Å²) in [6.07, 6.45) is -4.46. The van der Waals surface area contributed by atoms with Crippen LogP contribution in [0.1, 0.15) is 0 Å². The molecule has 2 rings (SSSR count). The van der Waals surface area contributed by atoms with E-state index in [1.807, 2.05) is 30.3 Å². The summed E-state index contributed by atoms with van der Waals surface area (Å²) in [6.45, 7) is -0.517. The molecule has 5 atom stereocenters. The van der Waals surface area contributed by atoms with Crippen molar-refractivity contribution in [3.8, 4) is 0 Å². The monoisotopic (exact) mass is 272 g/mol. The van der Waals surface area contributed by atoms with Crippen molar-refractivity contribution in [2.45, 2.75) is 34.7 Å². The van der Waals surface area contributed by atoms with Crippen LogP contribution in [0.25, 0.3) is 0 Å². The smallest absolute Gasteiger partial charge is 0.136 e. The van der Waals surface area contributed by atoms with Gasteiger partial charge in [-0.3, -0.25) is 0 Å². The maximum Gasteiger partial charge on any atom is 0.136 e. The zero-order valence-electron chi connectivity index (χ0n) is 9.59. The lowest BCUT2D eigenvalue weighted by Crippen LogP contribution is -2.40. The zero-order chi connectivity index (χ0) is 13.1. The van der Waals surface area contributed by atoms with E-state index >= 15 is 0 Å². The second-order valence-corrected chi connectivity index (χ2v) is 5.30. The highest BCUT2D eigenvalue weighted by molar-refractivity contribution is 7.99. The predicted octanol–water partition coefficient (Wildman–Crippen LogP) is -0.421. The van der Waals surface area contributed by atoms with E-state index in [1.54, 1.807) is 0 Å². The minimum Gasteiger partial charge on any atom is -0.394 e.